The first-order valence-corrected chi connectivity index (χ1v) is 12.2. The van der Waals surface area contributed by atoms with Gasteiger partial charge in [0.25, 0.3) is 11.3 Å². The number of nitrogens with zero attached hydrogens (tertiary/aromatic N) is 3. The zero-order valence-corrected chi connectivity index (χ0v) is 19.6. The summed E-state index contributed by atoms with van der Waals surface area (Å²) in [5, 5.41) is 8.60. The van der Waals surface area contributed by atoms with E-state index in [2.05, 4.69) is 44.4 Å². The summed E-state index contributed by atoms with van der Waals surface area (Å²) in [6, 6.07) is 13.2. The van der Waals surface area contributed by atoms with Crippen LogP contribution >= 0.6 is 11.3 Å². The average molecular weight is 483 g/mol. The van der Waals surface area contributed by atoms with Crippen molar-refractivity contribution in [3.63, 3.8) is 0 Å². The molecule has 0 fully saturated rings. The number of hydrogen-bond acceptors (Lipinski definition) is 8. The van der Waals surface area contributed by atoms with Gasteiger partial charge in [0.2, 0.25) is 5.95 Å². The molecule has 9 nitrogen and oxygen atoms in total. The highest BCUT2D eigenvalue weighted by atomic mass is 32.2. The van der Waals surface area contributed by atoms with Gasteiger partial charge in [-0.1, -0.05) is 6.07 Å². The summed E-state index contributed by atoms with van der Waals surface area (Å²) < 4.78 is 29.2. The molecule has 0 amide bonds. The van der Waals surface area contributed by atoms with Crippen molar-refractivity contribution in [2.45, 2.75) is 6.42 Å². The second-order valence-corrected chi connectivity index (χ2v) is 9.18. The second kappa shape index (κ2) is 8.85. The molecule has 0 saturated carbocycles. The number of nitrogens with one attached hydrogen (secondary N) is 3. The smallest absolute Gasteiger partial charge is 0.259 e. The third kappa shape index (κ3) is 4.42. The molecule has 3 heterocycles. The molecule has 0 radical (unpaired) electrons. The molecule has 4 aromatic rings. The average Bonchev–Trinajstić information content (AvgIpc) is 3.40. The van der Waals surface area contributed by atoms with Crippen LogP contribution in [0.25, 0.3) is 10.2 Å². The topological polar surface area (TPSA) is 112 Å². The first kappa shape index (κ1) is 21.4. The van der Waals surface area contributed by atoms with Crippen molar-refractivity contribution in [3.05, 3.63) is 53.4 Å². The SMILES string of the molecule is COc1cc2c(cc1Nc1nc(Nc3cccc(NS(=O)O)c3)c3sccc3n1)N(C)CC2. The Kier molecular flexibility index (Phi) is 5.75. The van der Waals surface area contributed by atoms with Crippen LogP contribution in [0.5, 0.6) is 5.75 Å². The van der Waals surface area contributed by atoms with Crippen molar-refractivity contribution in [1.29, 1.82) is 0 Å². The Bertz CT molecular complexity index is 1360. The van der Waals surface area contributed by atoms with Crippen LogP contribution in [0.1, 0.15) is 5.56 Å². The van der Waals surface area contributed by atoms with Crippen LogP contribution in [-0.2, 0) is 17.7 Å². The first-order chi connectivity index (χ1) is 16.0. The number of ether oxygens (including phenoxy) is 1. The predicted molar refractivity (Wildman–Crippen MR) is 135 cm³/mol. The third-order valence-electron chi connectivity index (χ3n) is 5.41. The lowest BCUT2D eigenvalue weighted by molar-refractivity contribution is 0.416. The molecule has 1 unspecified atom stereocenters. The normalized spacial score (nSPS) is 13.6. The molecule has 5 rings (SSSR count). The van der Waals surface area contributed by atoms with Crippen molar-refractivity contribution in [1.82, 2.24) is 9.97 Å². The van der Waals surface area contributed by atoms with Gasteiger partial charge in [0, 0.05) is 25.0 Å². The van der Waals surface area contributed by atoms with Crippen molar-refractivity contribution in [3.8, 4) is 5.75 Å². The van der Waals surface area contributed by atoms with E-state index in [1.165, 1.54) is 22.6 Å². The van der Waals surface area contributed by atoms with Crippen LogP contribution in [0, 0.1) is 0 Å². The Balaban J connectivity index is 1.49. The maximum Gasteiger partial charge on any atom is 0.259 e. The van der Waals surface area contributed by atoms with Crippen LogP contribution in [0.15, 0.2) is 47.8 Å². The van der Waals surface area contributed by atoms with Gasteiger partial charge in [-0.3, -0.25) is 9.27 Å². The van der Waals surface area contributed by atoms with Gasteiger partial charge < -0.3 is 20.3 Å². The van der Waals surface area contributed by atoms with Gasteiger partial charge >= 0.3 is 0 Å². The molecule has 33 heavy (non-hydrogen) atoms. The summed E-state index contributed by atoms with van der Waals surface area (Å²) >= 11 is -0.610. The highest BCUT2D eigenvalue weighted by molar-refractivity contribution is 7.80. The maximum absolute atomic E-state index is 11.1. The number of aromatic nitrogens is 2. The number of likely N-dealkylation sites (N-methyl/N-ethyl adjacent to an activating group) is 1. The molecule has 2 aromatic heterocycles. The Morgan fingerprint density at radius 3 is 2.82 bits per heavy atom. The Morgan fingerprint density at radius 2 is 2.00 bits per heavy atom. The third-order valence-corrected chi connectivity index (χ3v) is 6.73. The first-order valence-electron chi connectivity index (χ1n) is 10.2. The molecule has 1 aliphatic rings. The standard InChI is InChI=1S/C22H22N6O3S2/c1-28-8-6-13-10-19(31-2)17(12-18(13)28)25-22-24-16-7-9-32-20(16)21(26-22)23-14-4-3-5-15(11-14)27-33(29)30/h3-5,7,9-12,27H,6,8H2,1-2H3,(H,29,30)(H2,23,24,25,26). The van der Waals surface area contributed by atoms with E-state index in [0.717, 1.165) is 40.3 Å². The highest BCUT2D eigenvalue weighted by Gasteiger charge is 2.20. The molecular weight excluding hydrogens is 460 g/mol. The van der Waals surface area contributed by atoms with Gasteiger partial charge in [0.05, 0.1) is 28.7 Å². The molecule has 1 atom stereocenters. The molecule has 0 spiro atoms. The van der Waals surface area contributed by atoms with Crippen LogP contribution in [0.3, 0.4) is 0 Å². The minimum absolute atomic E-state index is 0.438. The number of thiophene rings is 1. The summed E-state index contributed by atoms with van der Waals surface area (Å²) in [5.41, 5.74) is 5.27. The van der Waals surface area contributed by atoms with Gasteiger partial charge in [-0.15, -0.1) is 11.3 Å². The van der Waals surface area contributed by atoms with Crippen molar-refractivity contribution >= 4 is 67.3 Å². The molecule has 0 saturated heterocycles. The van der Waals surface area contributed by atoms with Gasteiger partial charge in [-0.25, -0.2) is 9.19 Å². The Morgan fingerprint density at radius 1 is 1.15 bits per heavy atom. The van der Waals surface area contributed by atoms with E-state index in [4.69, 9.17) is 14.3 Å². The van der Waals surface area contributed by atoms with Crippen LogP contribution < -0.4 is 25.0 Å². The summed E-state index contributed by atoms with van der Waals surface area (Å²) in [6.45, 7) is 0.977. The molecule has 170 valence electrons. The number of anilines is 6. The summed E-state index contributed by atoms with van der Waals surface area (Å²) in [4.78, 5) is 11.6. The second-order valence-electron chi connectivity index (χ2n) is 7.57. The summed E-state index contributed by atoms with van der Waals surface area (Å²) in [7, 11) is 3.73. The van der Waals surface area contributed by atoms with E-state index in [0.29, 0.717) is 17.5 Å². The number of benzene rings is 2. The fourth-order valence-corrected chi connectivity index (χ4v) is 4.97. The van der Waals surface area contributed by atoms with E-state index in [1.54, 1.807) is 25.3 Å². The van der Waals surface area contributed by atoms with Gasteiger partial charge in [0.15, 0.2) is 5.82 Å². The van der Waals surface area contributed by atoms with Gasteiger partial charge in [-0.05, 0) is 53.8 Å². The minimum atomic E-state index is -2.15. The molecule has 2 aromatic carbocycles. The van der Waals surface area contributed by atoms with Crippen molar-refractivity contribution in [2.75, 3.05) is 41.0 Å². The van der Waals surface area contributed by atoms with Crippen LogP contribution in [-0.4, -0.2) is 39.4 Å². The summed E-state index contributed by atoms with van der Waals surface area (Å²) in [6.07, 6.45) is 0.992. The van der Waals surface area contributed by atoms with Gasteiger partial charge in [-0.2, -0.15) is 4.98 Å². The lowest BCUT2D eigenvalue weighted by atomic mass is 10.1. The zero-order valence-electron chi connectivity index (χ0n) is 18.0. The quantitative estimate of drug-likeness (QED) is 0.280. The highest BCUT2D eigenvalue weighted by Crippen LogP contribution is 2.38. The van der Waals surface area contributed by atoms with Gasteiger partial charge in [0.1, 0.15) is 5.75 Å². The van der Waals surface area contributed by atoms with E-state index in [-0.39, 0.29) is 0 Å². The fraction of sp³-hybridized carbons (Fsp3) is 0.182. The molecule has 0 aliphatic carbocycles. The Hall–Kier alpha value is -3.41. The maximum atomic E-state index is 11.1. The molecular formula is C22H22N6O3S2. The lowest BCUT2D eigenvalue weighted by Crippen LogP contribution is -2.12. The number of rotatable bonds is 7. The fourth-order valence-electron chi connectivity index (χ4n) is 3.86. The van der Waals surface area contributed by atoms with E-state index in [9.17, 15) is 4.21 Å². The summed E-state index contributed by atoms with van der Waals surface area (Å²) in [5.74, 6) is 1.81. The number of hydrogen-bond donors (Lipinski definition) is 4. The molecule has 4 N–H and O–H groups in total. The largest absolute Gasteiger partial charge is 0.495 e. The predicted octanol–water partition coefficient (Wildman–Crippen LogP) is 4.73. The minimum Gasteiger partial charge on any atom is -0.495 e. The number of fused-ring (bicyclic) bond motifs is 2. The number of methoxy groups -OCH3 is 1. The van der Waals surface area contributed by atoms with Crippen molar-refractivity contribution < 1.29 is 13.5 Å². The van der Waals surface area contributed by atoms with E-state index >= 15 is 0 Å². The lowest BCUT2D eigenvalue weighted by Gasteiger charge is -2.17. The monoisotopic (exact) mass is 482 g/mol. The van der Waals surface area contributed by atoms with Crippen molar-refractivity contribution in [2.24, 2.45) is 0 Å². The molecule has 11 heteroatoms. The Labute approximate surface area is 197 Å². The van der Waals surface area contributed by atoms with E-state index < -0.39 is 11.3 Å². The zero-order chi connectivity index (χ0) is 22.9. The van der Waals surface area contributed by atoms with Crippen LogP contribution in [0.2, 0.25) is 0 Å². The molecule has 0 bridgehead atoms. The molecule has 1 aliphatic heterocycles. The van der Waals surface area contributed by atoms with E-state index in [1.807, 2.05) is 17.5 Å². The van der Waals surface area contributed by atoms with Crippen LogP contribution in [0.4, 0.5) is 34.5 Å².